The lowest BCUT2D eigenvalue weighted by Gasteiger charge is -2.16. The molecule has 0 saturated heterocycles. The minimum Gasteiger partial charge on any atom is -0.307 e. The second-order valence-electron chi connectivity index (χ2n) is 3.36. The van der Waals surface area contributed by atoms with Gasteiger partial charge in [-0.25, -0.2) is 0 Å². The van der Waals surface area contributed by atoms with E-state index in [9.17, 15) is 0 Å². The van der Waals surface area contributed by atoms with Crippen molar-refractivity contribution in [2.75, 3.05) is 7.05 Å². The largest absolute Gasteiger partial charge is 0.307 e. The molecule has 0 aliphatic heterocycles. The summed E-state index contributed by atoms with van der Waals surface area (Å²) in [7, 11) is 3.75. The average Bonchev–Trinajstić information content (AvgIpc) is 2.80. The van der Waals surface area contributed by atoms with Crippen molar-refractivity contribution in [2.45, 2.75) is 6.04 Å². The van der Waals surface area contributed by atoms with Crippen LogP contribution in [-0.4, -0.2) is 16.8 Å². The molecule has 86 valence electrons. The number of nitrogens with zero attached hydrogens (tertiary/aromatic N) is 2. The predicted octanol–water partition coefficient (Wildman–Crippen LogP) is 3.10. The smallest absolute Gasteiger partial charge is 0.0869 e. The van der Waals surface area contributed by atoms with Gasteiger partial charge in [-0.2, -0.15) is 5.10 Å². The topological polar surface area (TPSA) is 29.9 Å². The molecule has 1 unspecified atom stereocenters. The van der Waals surface area contributed by atoms with Crippen LogP contribution in [0.15, 0.2) is 17.6 Å². The molecule has 2 aromatic rings. The van der Waals surface area contributed by atoms with E-state index < -0.39 is 0 Å². The minimum atomic E-state index is -0.0208. The third kappa shape index (κ3) is 1.98. The van der Waals surface area contributed by atoms with E-state index in [2.05, 4.69) is 10.4 Å². The highest BCUT2D eigenvalue weighted by molar-refractivity contribution is 7.10. The van der Waals surface area contributed by atoms with Crippen LogP contribution in [0.1, 0.15) is 16.6 Å². The molecule has 0 spiro atoms. The van der Waals surface area contributed by atoms with E-state index in [1.807, 2.05) is 25.5 Å². The minimum absolute atomic E-state index is 0.0208. The lowest BCUT2D eigenvalue weighted by atomic mass is 10.1. The molecule has 0 amide bonds. The summed E-state index contributed by atoms with van der Waals surface area (Å²) < 4.78 is 1.76. The van der Waals surface area contributed by atoms with E-state index in [1.54, 1.807) is 22.2 Å². The van der Waals surface area contributed by atoms with Gasteiger partial charge < -0.3 is 5.32 Å². The lowest BCUT2D eigenvalue weighted by molar-refractivity contribution is 0.613. The maximum atomic E-state index is 6.13. The highest BCUT2D eigenvalue weighted by Crippen LogP contribution is 2.35. The molecule has 0 aromatic carbocycles. The monoisotopic (exact) mass is 275 g/mol. The van der Waals surface area contributed by atoms with Crippen LogP contribution in [0, 0.1) is 0 Å². The van der Waals surface area contributed by atoms with Crippen molar-refractivity contribution < 1.29 is 0 Å². The van der Waals surface area contributed by atoms with Gasteiger partial charge in [0.25, 0.3) is 0 Å². The predicted molar refractivity (Wildman–Crippen MR) is 68.4 cm³/mol. The quantitative estimate of drug-likeness (QED) is 0.933. The molecule has 2 aromatic heterocycles. The standard InChI is InChI=1S/C10H11Cl2N3S/c1-13-8(10-6(11)3-4-16-10)9-7(12)5-14-15(9)2/h3-5,8,13H,1-2H3. The van der Waals surface area contributed by atoms with Gasteiger partial charge in [0.05, 0.1) is 28.0 Å². The second kappa shape index (κ2) is 4.75. The van der Waals surface area contributed by atoms with Gasteiger partial charge in [0.2, 0.25) is 0 Å². The third-order valence-corrected chi connectivity index (χ3v) is 4.12. The third-order valence-electron chi connectivity index (χ3n) is 2.41. The van der Waals surface area contributed by atoms with E-state index in [4.69, 9.17) is 23.2 Å². The maximum absolute atomic E-state index is 6.13. The van der Waals surface area contributed by atoms with Gasteiger partial charge in [-0.3, -0.25) is 4.68 Å². The Morgan fingerprint density at radius 2 is 2.19 bits per heavy atom. The molecule has 0 saturated carbocycles. The summed E-state index contributed by atoms with van der Waals surface area (Å²) in [5.41, 5.74) is 0.925. The fourth-order valence-corrected chi connectivity index (χ4v) is 3.20. The summed E-state index contributed by atoms with van der Waals surface area (Å²) >= 11 is 13.9. The molecule has 3 nitrogen and oxygen atoms in total. The average molecular weight is 276 g/mol. The molecule has 1 N–H and O–H groups in total. The Kier molecular flexibility index (Phi) is 3.54. The van der Waals surface area contributed by atoms with Crippen molar-refractivity contribution in [1.82, 2.24) is 15.1 Å². The van der Waals surface area contributed by atoms with E-state index in [0.717, 1.165) is 15.6 Å². The van der Waals surface area contributed by atoms with Crippen molar-refractivity contribution in [3.05, 3.63) is 38.3 Å². The van der Waals surface area contributed by atoms with Crippen LogP contribution in [0.4, 0.5) is 0 Å². The number of halogens is 2. The Morgan fingerprint density at radius 1 is 1.44 bits per heavy atom. The maximum Gasteiger partial charge on any atom is 0.0869 e. The SMILES string of the molecule is CNC(c1sccc1Cl)c1c(Cl)cnn1C. The summed E-state index contributed by atoms with van der Waals surface area (Å²) in [6.07, 6.45) is 1.64. The van der Waals surface area contributed by atoms with Crippen LogP contribution >= 0.6 is 34.5 Å². The first-order valence-electron chi connectivity index (χ1n) is 4.72. The Labute approximate surface area is 108 Å². The van der Waals surface area contributed by atoms with Gasteiger partial charge in [0.15, 0.2) is 0 Å². The first kappa shape index (κ1) is 11.9. The van der Waals surface area contributed by atoms with Gasteiger partial charge in [-0.05, 0) is 18.5 Å². The fourth-order valence-electron chi connectivity index (χ4n) is 1.65. The molecular weight excluding hydrogens is 265 g/mol. The van der Waals surface area contributed by atoms with Crippen LogP contribution < -0.4 is 5.32 Å². The van der Waals surface area contributed by atoms with Gasteiger partial charge in [-0.15, -0.1) is 11.3 Å². The zero-order valence-electron chi connectivity index (χ0n) is 8.87. The number of thiophene rings is 1. The molecule has 0 radical (unpaired) electrons. The molecule has 16 heavy (non-hydrogen) atoms. The number of hydrogen-bond acceptors (Lipinski definition) is 3. The lowest BCUT2D eigenvalue weighted by Crippen LogP contribution is -2.20. The highest BCUT2D eigenvalue weighted by atomic mass is 35.5. The number of rotatable bonds is 3. The van der Waals surface area contributed by atoms with Crippen molar-refractivity contribution in [2.24, 2.45) is 7.05 Å². The van der Waals surface area contributed by atoms with Crippen LogP contribution in [-0.2, 0) is 7.05 Å². The Balaban J connectivity index is 2.49. The zero-order chi connectivity index (χ0) is 11.7. The second-order valence-corrected chi connectivity index (χ2v) is 5.12. The van der Waals surface area contributed by atoms with Crippen LogP contribution in [0.5, 0.6) is 0 Å². The van der Waals surface area contributed by atoms with Gasteiger partial charge >= 0.3 is 0 Å². The van der Waals surface area contributed by atoms with Crippen LogP contribution in [0.25, 0.3) is 0 Å². The molecule has 1 atom stereocenters. The molecule has 2 rings (SSSR count). The summed E-state index contributed by atoms with van der Waals surface area (Å²) in [5, 5.41) is 10.7. The van der Waals surface area contributed by atoms with Crippen molar-refractivity contribution >= 4 is 34.5 Å². The van der Waals surface area contributed by atoms with Gasteiger partial charge in [-0.1, -0.05) is 23.2 Å². The number of aryl methyl sites for hydroxylation is 1. The van der Waals surface area contributed by atoms with E-state index in [-0.39, 0.29) is 6.04 Å². The highest BCUT2D eigenvalue weighted by Gasteiger charge is 2.22. The first-order chi connectivity index (χ1) is 7.65. The molecule has 0 fully saturated rings. The van der Waals surface area contributed by atoms with E-state index >= 15 is 0 Å². The van der Waals surface area contributed by atoms with E-state index in [0.29, 0.717) is 5.02 Å². The molecular formula is C10H11Cl2N3S. The number of aromatic nitrogens is 2. The van der Waals surface area contributed by atoms with Crippen LogP contribution in [0.3, 0.4) is 0 Å². The van der Waals surface area contributed by atoms with Crippen molar-refractivity contribution in [3.8, 4) is 0 Å². The summed E-state index contributed by atoms with van der Waals surface area (Å²) in [5.74, 6) is 0. The first-order valence-corrected chi connectivity index (χ1v) is 6.36. The Morgan fingerprint density at radius 3 is 2.62 bits per heavy atom. The summed E-state index contributed by atoms with van der Waals surface area (Å²) in [6, 6.07) is 1.86. The van der Waals surface area contributed by atoms with E-state index in [1.165, 1.54) is 0 Å². The molecule has 6 heteroatoms. The van der Waals surface area contributed by atoms with Crippen molar-refractivity contribution in [3.63, 3.8) is 0 Å². The van der Waals surface area contributed by atoms with Gasteiger partial charge in [0.1, 0.15) is 0 Å². The fraction of sp³-hybridized carbons (Fsp3) is 0.300. The van der Waals surface area contributed by atoms with Crippen LogP contribution in [0.2, 0.25) is 10.0 Å². The summed E-state index contributed by atoms with van der Waals surface area (Å²) in [6.45, 7) is 0. The number of hydrogen-bond donors (Lipinski definition) is 1. The molecule has 0 aliphatic carbocycles. The summed E-state index contributed by atoms with van der Waals surface area (Å²) in [4.78, 5) is 1.05. The number of nitrogens with one attached hydrogen (secondary N) is 1. The molecule has 0 bridgehead atoms. The Hall–Kier alpha value is -0.550. The Bertz CT molecular complexity index is 472. The molecule has 2 heterocycles. The zero-order valence-corrected chi connectivity index (χ0v) is 11.2. The van der Waals surface area contributed by atoms with Gasteiger partial charge in [0, 0.05) is 11.9 Å². The molecule has 0 aliphatic rings. The normalized spacial score (nSPS) is 13.0. The van der Waals surface area contributed by atoms with Crippen molar-refractivity contribution in [1.29, 1.82) is 0 Å².